The lowest BCUT2D eigenvalue weighted by atomic mass is 9.85. The fraction of sp³-hybridized carbons (Fsp3) is 0.297. The topological polar surface area (TPSA) is 144 Å². The van der Waals surface area contributed by atoms with Gasteiger partial charge >= 0.3 is 5.92 Å². The first-order valence-corrected chi connectivity index (χ1v) is 19.1. The molecule has 0 aliphatic heterocycles. The van der Waals surface area contributed by atoms with E-state index < -0.39 is 69.2 Å². The summed E-state index contributed by atoms with van der Waals surface area (Å²) in [5.74, 6) is 2.60. The minimum atomic E-state index is -3.79. The number of hydrogen-bond acceptors (Lipinski definition) is 7. The number of pyridine rings is 1. The molecule has 2 aliphatic carbocycles. The molecule has 3 atom stereocenters. The van der Waals surface area contributed by atoms with Gasteiger partial charge in [-0.15, -0.1) is 0 Å². The third-order valence-corrected chi connectivity index (χ3v) is 10.2. The van der Waals surface area contributed by atoms with Crippen molar-refractivity contribution in [2.45, 2.75) is 50.3 Å². The van der Waals surface area contributed by atoms with Gasteiger partial charge < -0.3 is 10.4 Å². The van der Waals surface area contributed by atoms with Gasteiger partial charge in [-0.1, -0.05) is 47.0 Å². The normalized spacial score (nSPS) is 17.3. The highest BCUT2D eigenvalue weighted by Crippen LogP contribution is 2.56. The average Bonchev–Trinajstić information content (AvgIpc) is 3.58. The Hall–Kier alpha value is -5.13. The van der Waals surface area contributed by atoms with Crippen LogP contribution in [0.4, 0.5) is 23.4 Å². The van der Waals surface area contributed by atoms with Crippen LogP contribution in [0.5, 0.6) is 0 Å². The minimum Gasteiger partial charge on any atom is -0.378 e. The van der Waals surface area contributed by atoms with Crippen molar-refractivity contribution in [3.63, 3.8) is 0 Å². The number of rotatable bonds is 9. The smallest absolute Gasteiger partial charge is 0.306 e. The average molecular weight is 815 g/mol. The highest BCUT2D eigenvalue weighted by atomic mass is 35.5. The Balaban J connectivity index is 1.37. The van der Waals surface area contributed by atoms with Crippen molar-refractivity contribution in [1.82, 2.24) is 29.9 Å². The van der Waals surface area contributed by atoms with Gasteiger partial charge in [0.25, 0.3) is 0 Å². The van der Waals surface area contributed by atoms with E-state index in [1.54, 1.807) is 25.2 Å². The molecule has 0 bridgehead atoms. The highest BCUT2D eigenvalue weighted by Gasteiger charge is 2.59. The molecule has 2 aromatic carbocycles. The maximum Gasteiger partial charge on any atom is 0.306 e. The quantitative estimate of drug-likeness (QED) is 0.126. The molecule has 7 rings (SSSR count). The molecule has 3 unspecified atom stereocenters. The van der Waals surface area contributed by atoms with Crippen molar-refractivity contribution in [3.05, 3.63) is 92.5 Å². The number of aromatic nitrogens is 5. The van der Waals surface area contributed by atoms with Crippen molar-refractivity contribution in [2.24, 2.45) is 13.0 Å². The van der Waals surface area contributed by atoms with Crippen molar-refractivity contribution < 1.29 is 35.9 Å². The van der Waals surface area contributed by atoms with Gasteiger partial charge in [0.2, 0.25) is 15.9 Å². The number of carbonyl (C=O) groups is 1. The molecular weight excluding hydrogens is 785 g/mol. The van der Waals surface area contributed by atoms with Crippen molar-refractivity contribution in [2.75, 3.05) is 11.0 Å². The molecule has 2 aliphatic rings. The number of hydrogen-bond donors (Lipinski definition) is 3. The number of fused-ring (bicyclic) bond motifs is 4. The van der Waals surface area contributed by atoms with E-state index in [-0.39, 0.29) is 50.3 Å². The summed E-state index contributed by atoms with van der Waals surface area (Å²) in [4.78, 5) is 18.6. The number of aryl methyl sites for hydroxylation is 1. The summed E-state index contributed by atoms with van der Waals surface area (Å²) in [6, 6.07) is 7.97. The zero-order valence-electron chi connectivity index (χ0n) is 29.3. The van der Waals surface area contributed by atoms with E-state index in [0.29, 0.717) is 22.7 Å². The van der Waals surface area contributed by atoms with Crippen LogP contribution in [0.25, 0.3) is 22.0 Å². The van der Waals surface area contributed by atoms with Gasteiger partial charge in [0.05, 0.1) is 39.8 Å². The zero-order chi connectivity index (χ0) is 39.8. The van der Waals surface area contributed by atoms with E-state index in [1.807, 2.05) is 0 Å². The number of nitrogens with one attached hydrogen (secondary N) is 2. The molecule has 0 fully saturated rings. The van der Waals surface area contributed by atoms with Crippen molar-refractivity contribution in [1.29, 1.82) is 0 Å². The summed E-state index contributed by atoms with van der Waals surface area (Å²) in [6.45, 7) is 2.31. The van der Waals surface area contributed by atoms with Crippen LogP contribution in [0.15, 0.2) is 42.5 Å². The predicted octanol–water partition coefficient (Wildman–Crippen LogP) is 5.83. The second-order valence-corrected chi connectivity index (χ2v) is 16.3. The van der Waals surface area contributed by atoms with Gasteiger partial charge in [0, 0.05) is 29.8 Å². The number of anilines is 1. The van der Waals surface area contributed by atoms with Crippen LogP contribution in [-0.2, 0) is 40.8 Å². The summed E-state index contributed by atoms with van der Waals surface area (Å²) in [6.07, 6.45) is 0.712. The number of carbonyl (C=O) groups excluding carboxylic acids is 1. The SMILES string of the molecule is Cn1nc(NS(C)(=O)=O)c2c(Cl)ccc(-c3ccc(C#CC(C)(C)O)nc3C(Cc3cc(F)cc(F)c3)NC(=O)Cn3nc4c(c3Cl)C3C#CC3C4(F)F)c21. The van der Waals surface area contributed by atoms with Gasteiger partial charge in [-0.05, 0) is 62.1 Å². The molecule has 0 spiro atoms. The number of alkyl halides is 2. The lowest BCUT2D eigenvalue weighted by Gasteiger charge is -2.23. The Kier molecular flexibility index (Phi) is 9.41. The molecule has 0 saturated heterocycles. The lowest BCUT2D eigenvalue weighted by Crippen LogP contribution is -2.34. The standard InChI is InChI=1S/C37H29Cl2F4N7O4S/c1-36(2,52)12-11-21-5-6-22(23-8-10-26(38)30-32(23)49(3)47-35(30)48-55(4,53)54)31(44-21)27(15-18-13-19(40)16-20(41)14-18)45-28(51)17-50-34(39)29-24-7-9-25(24)37(42,43)33(29)46-50/h5-6,8,10,13-14,16,24-25,27,52H,15,17H2,1-4H3,(H,45,51)(H,47,48). The second kappa shape index (κ2) is 13.6. The van der Waals surface area contributed by atoms with Crippen LogP contribution in [0.1, 0.15) is 54.0 Å². The Morgan fingerprint density at radius 3 is 2.42 bits per heavy atom. The first-order valence-electron chi connectivity index (χ1n) is 16.5. The molecule has 5 aromatic rings. The minimum absolute atomic E-state index is 0.0538. The predicted molar refractivity (Wildman–Crippen MR) is 197 cm³/mol. The molecule has 3 heterocycles. The van der Waals surface area contributed by atoms with E-state index in [9.17, 15) is 27.1 Å². The fourth-order valence-corrected chi connectivity index (χ4v) is 7.71. The summed E-state index contributed by atoms with van der Waals surface area (Å²) in [5.41, 5.74) is -0.430. The molecule has 0 radical (unpaired) electrons. The number of halogens is 6. The van der Waals surface area contributed by atoms with E-state index in [4.69, 9.17) is 28.2 Å². The fourth-order valence-electron chi connectivity index (χ4n) is 6.67. The van der Waals surface area contributed by atoms with E-state index >= 15 is 8.78 Å². The van der Waals surface area contributed by atoms with Crippen LogP contribution < -0.4 is 10.0 Å². The van der Waals surface area contributed by atoms with Gasteiger partial charge in [-0.25, -0.2) is 26.9 Å². The largest absolute Gasteiger partial charge is 0.378 e. The second-order valence-electron chi connectivity index (χ2n) is 13.8. The summed E-state index contributed by atoms with van der Waals surface area (Å²) in [5, 5.41) is 21.7. The summed E-state index contributed by atoms with van der Waals surface area (Å²) < 4.78 is 88.3. The maximum absolute atomic E-state index is 15.0. The third kappa shape index (κ3) is 7.35. The Morgan fingerprint density at radius 2 is 1.78 bits per heavy atom. The van der Waals surface area contributed by atoms with Crippen molar-refractivity contribution >= 4 is 55.9 Å². The molecule has 1 amide bonds. The van der Waals surface area contributed by atoms with Crippen LogP contribution >= 0.6 is 23.2 Å². The van der Waals surface area contributed by atoms with Crippen LogP contribution in [0.3, 0.4) is 0 Å². The van der Waals surface area contributed by atoms with Crippen LogP contribution in [0.2, 0.25) is 10.2 Å². The number of amides is 1. The summed E-state index contributed by atoms with van der Waals surface area (Å²) >= 11 is 13.1. The molecule has 55 heavy (non-hydrogen) atoms. The number of nitrogens with zero attached hydrogens (tertiary/aromatic N) is 5. The number of benzene rings is 2. The Morgan fingerprint density at radius 1 is 1.09 bits per heavy atom. The van der Waals surface area contributed by atoms with Crippen LogP contribution in [0, 0.1) is 41.2 Å². The Bertz CT molecular complexity index is 2670. The van der Waals surface area contributed by atoms with E-state index in [1.165, 1.54) is 24.6 Å². The molecule has 18 heteroatoms. The van der Waals surface area contributed by atoms with Gasteiger partial charge in [0.15, 0.2) is 5.82 Å². The first kappa shape index (κ1) is 38.2. The number of sulfonamides is 1. The van der Waals surface area contributed by atoms with Gasteiger partial charge in [0.1, 0.15) is 46.2 Å². The first-order chi connectivity index (χ1) is 25.7. The van der Waals surface area contributed by atoms with E-state index in [0.717, 1.165) is 23.1 Å². The van der Waals surface area contributed by atoms with E-state index in [2.05, 4.69) is 43.9 Å². The Labute approximate surface area is 322 Å². The molecule has 3 N–H and O–H groups in total. The highest BCUT2D eigenvalue weighted by molar-refractivity contribution is 7.92. The monoisotopic (exact) mass is 813 g/mol. The van der Waals surface area contributed by atoms with Gasteiger partial charge in [-0.3, -0.25) is 14.2 Å². The maximum atomic E-state index is 15.0. The van der Waals surface area contributed by atoms with Gasteiger partial charge in [-0.2, -0.15) is 19.0 Å². The molecule has 284 valence electrons. The zero-order valence-corrected chi connectivity index (χ0v) is 31.6. The lowest BCUT2D eigenvalue weighted by molar-refractivity contribution is -0.122. The molecular formula is C37H29Cl2F4N7O4S. The van der Waals surface area contributed by atoms with Crippen LogP contribution in [-0.4, -0.2) is 55.8 Å². The molecule has 11 nitrogen and oxygen atoms in total. The third-order valence-electron chi connectivity index (χ3n) is 8.92. The number of aliphatic hydroxyl groups is 1. The van der Waals surface area contributed by atoms with Crippen molar-refractivity contribution in [3.8, 4) is 34.8 Å². The molecule has 0 saturated carbocycles. The summed E-state index contributed by atoms with van der Waals surface area (Å²) in [7, 11) is -2.23. The molecule has 3 aromatic heterocycles.